The highest BCUT2D eigenvalue weighted by molar-refractivity contribution is 7.99. The minimum Gasteiger partial charge on any atom is -0.308 e. The Hall–Kier alpha value is -0.460. The fraction of sp³-hybridized carbons (Fsp3) is 0.636. The summed E-state index contributed by atoms with van der Waals surface area (Å²) in [6, 6.07) is 0. The second-order valence-electron chi connectivity index (χ2n) is 4.35. The Morgan fingerprint density at radius 1 is 1.24 bits per heavy atom. The third-order valence-corrected chi connectivity index (χ3v) is 5.54. The first kappa shape index (κ1) is 11.6. The van der Waals surface area contributed by atoms with Crippen LogP contribution in [0.4, 0.5) is 5.82 Å². The normalized spacial score (nSPS) is 23.5. The minimum absolute atomic E-state index is 0.465. The summed E-state index contributed by atoms with van der Waals surface area (Å²) in [5, 5.41) is 0.465. The molecule has 0 aliphatic carbocycles. The Morgan fingerprint density at radius 2 is 2.18 bits per heavy atom. The van der Waals surface area contributed by atoms with E-state index in [-0.39, 0.29) is 0 Å². The predicted octanol–water partition coefficient (Wildman–Crippen LogP) is 2.47. The Morgan fingerprint density at radius 3 is 2.94 bits per heavy atom. The highest BCUT2D eigenvalue weighted by Crippen LogP contribution is 2.39. The van der Waals surface area contributed by atoms with Gasteiger partial charge in [0.2, 0.25) is 0 Å². The topological polar surface area (TPSA) is 63.8 Å². The molecular formula is C11H16N4S2. The number of thioether (sulfide) groups is 2. The number of rotatable bonds is 2. The first-order chi connectivity index (χ1) is 8.38. The van der Waals surface area contributed by atoms with Crippen molar-refractivity contribution in [2.75, 3.05) is 11.2 Å². The van der Waals surface area contributed by atoms with Gasteiger partial charge in [-0.2, -0.15) is 23.5 Å². The van der Waals surface area contributed by atoms with Gasteiger partial charge in [0.1, 0.15) is 11.6 Å². The van der Waals surface area contributed by atoms with Gasteiger partial charge in [0.15, 0.2) is 0 Å². The average molecular weight is 268 g/mol. The van der Waals surface area contributed by atoms with Crippen molar-refractivity contribution < 1.29 is 0 Å². The lowest BCUT2D eigenvalue weighted by atomic mass is 10.1. The molecule has 3 heterocycles. The molecule has 3 N–H and O–H groups in total. The molecule has 0 bridgehead atoms. The molecule has 1 saturated heterocycles. The number of hydrogen-bond acceptors (Lipinski definition) is 6. The highest BCUT2D eigenvalue weighted by Gasteiger charge is 2.24. The quantitative estimate of drug-likeness (QED) is 0.634. The second-order valence-corrected chi connectivity index (χ2v) is 6.64. The van der Waals surface area contributed by atoms with E-state index in [1.165, 1.54) is 36.3 Å². The van der Waals surface area contributed by atoms with Crippen LogP contribution in [0.25, 0.3) is 0 Å². The van der Waals surface area contributed by atoms with E-state index in [4.69, 9.17) is 10.8 Å². The predicted molar refractivity (Wildman–Crippen MR) is 73.9 cm³/mol. The van der Waals surface area contributed by atoms with E-state index in [2.05, 4.69) is 10.4 Å². The summed E-state index contributed by atoms with van der Waals surface area (Å²) in [7, 11) is 0. The molecule has 2 aliphatic rings. The Bertz CT molecular complexity index is 418. The first-order valence-electron chi connectivity index (χ1n) is 5.94. The fourth-order valence-electron chi connectivity index (χ4n) is 2.28. The molecular weight excluding hydrogens is 252 g/mol. The third-order valence-electron chi connectivity index (χ3n) is 3.20. The number of nitrogens with two attached hydrogens (primary N) is 1. The number of aromatic nitrogens is 2. The van der Waals surface area contributed by atoms with Crippen LogP contribution in [0.3, 0.4) is 0 Å². The molecule has 3 rings (SSSR count). The number of nitrogens with one attached hydrogen (secondary N) is 1. The van der Waals surface area contributed by atoms with Gasteiger partial charge in [-0.25, -0.2) is 15.8 Å². The van der Waals surface area contributed by atoms with Crippen LogP contribution in [0.1, 0.15) is 41.6 Å². The molecule has 6 heteroatoms. The van der Waals surface area contributed by atoms with E-state index in [1.54, 1.807) is 0 Å². The molecule has 1 unspecified atom stereocenters. The Balaban J connectivity index is 1.94. The van der Waals surface area contributed by atoms with E-state index in [0.29, 0.717) is 5.25 Å². The summed E-state index contributed by atoms with van der Waals surface area (Å²) >= 11 is 3.86. The van der Waals surface area contributed by atoms with Crippen molar-refractivity contribution in [3.05, 3.63) is 17.1 Å². The van der Waals surface area contributed by atoms with Crippen molar-refractivity contribution in [2.45, 2.75) is 36.0 Å². The van der Waals surface area contributed by atoms with Crippen LogP contribution in [-0.4, -0.2) is 15.7 Å². The molecule has 1 aromatic rings. The third kappa shape index (κ3) is 2.26. The van der Waals surface area contributed by atoms with Crippen molar-refractivity contribution in [3.63, 3.8) is 0 Å². The smallest absolute Gasteiger partial charge is 0.148 e. The van der Waals surface area contributed by atoms with Gasteiger partial charge in [-0.3, -0.25) is 0 Å². The van der Waals surface area contributed by atoms with Gasteiger partial charge >= 0.3 is 0 Å². The summed E-state index contributed by atoms with van der Waals surface area (Å²) in [6.07, 6.45) is 3.81. The zero-order valence-electron chi connectivity index (χ0n) is 9.61. The zero-order valence-corrected chi connectivity index (χ0v) is 11.2. The standard InChI is InChI=1S/C11H16N4S2/c12-15-10-7-5-16-6-8(7)13-11(14-10)9-3-1-2-4-17-9/h9H,1-6,12H2,(H,13,14,15). The van der Waals surface area contributed by atoms with Crippen LogP contribution in [0.2, 0.25) is 0 Å². The summed E-state index contributed by atoms with van der Waals surface area (Å²) in [6.45, 7) is 0. The largest absolute Gasteiger partial charge is 0.308 e. The van der Waals surface area contributed by atoms with E-state index >= 15 is 0 Å². The van der Waals surface area contributed by atoms with Crippen LogP contribution in [0, 0.1) is 0 Å². The van der Waals surface area contributed by atoms with Crippen molar-refractivity contribution in [1.29, 1.82) is 0 Å². The number of nitrogen functional groups attached to an aromatic ring is 1. The van der Waals surface area contributed by atoms with Gasteiger partial charge < -0.3 is 5.43 Å². The molecule has 17 heavy (non-hydrogen) atoms. The average Bonchev–Trinajstić information content (AvgIpc) is 2.86. The lowest BCUT2D eigenvalue weighted by molar-refractivity contribution is 0.660. The molecule has 1 atom stereocenters. The lowest BCUT2D eigenvalue weighted by Gasteiger charge is -2.21. The van der Waals surface area contributed by atoms with Gasteiger partial charge in [-0.15, -0.1) is 0 Å². The highest BCUT2D eigenvalue weighted by atomic mass is 32.2. The number of nitrogens with zero attached hydrogens (tertiary/aromatic N) is 2. The monoisotopic (exact) mass is 268 g/mol. The molecule has 1 aromatic heterocycles. The van der Waals surface area contributed by atoms with Gasteiger partial charge in [0.05, 0.1) is 10.9 Å². The van der Waals surface area contributed by atoms with Crippen molar-refractivity contribution in [3.8, 4) is 0 Å². The van der Waals surface area contributed by atoms with E-state index in [9.17, 15) is 0 Å². The Kier molecular flexibility index (Phi) is 3.44. The zero-order chi connectivity index (χ0) is 11.7. The van der Waals surface area contributed by atoms with Crippen molar-refractivity contribution in [1.82, 2.24) is 9.97 Å². The molecule has 0 aromatic carbocycles. The lowest BCUT2D eigenvalue weighted by Crippen LogP contribution is -2.15. The van der Waals surface area contributed by atoms with Crippen LogP contribution in [0.15, 0.2) is 0 Å². The fourth-order valence-corrected chi connectivity index (χ4v) is 4.56. The summed E-state index contributed by atoms with van der Waals surface area (Å²) < 4.78 is 0. The molecule has 92 valence electrons. The van der Waals surface area contributed by atoms with Crippen LogP contribution >= 0.6 is 23.5 Å². The molecule has 1 fully saturated rings. The minimum atomic E-state index is 0.465. The van der Waals surface area contributed by atoms with Gasteiger partial charge in [0, 0.05) is 17.1 Å². The maximum absolute atomic E-state index is 5.56. The first-order valence-corrected chi connectivity index (χ1v) is 8.14. The van der Waals surface area contributed by atoms with E-state index in [0.717, 1.165) is 23.1 Å². The summed E-state index contributed by atoms with van der Waals surface area (Å²) in [4.78, 5) is 9.34. The SMILES string of the molecule is NNc1nc(C2CCCCS2)nc2c1CSC2. The number of anilines is 1. The van der Waals surface area contributed by atoms with Crippen molar-refractivity contribution in [2.24, 2.45) is 5.84 Å². The van der Waals surface area contributed by atoms with Gasteiger partial charge in [-0.05, 0) is 18.6 Å². The number of hydrazine groups is 1. The van der Waals surface area contributed by atoms with Crippen molar-refractivity contribution >= 4 is 29.3 Å². The molecule has 4 nitrogen and oxygen atoms in total. The maximum Gasteiger partial charge on any atom is 0.148 e. The van der Waals surface area contributed by atoms with Crippen LogP contribution in [0.5, 0.6) is 0 Å². The Labute approximate surface area is 110 Å². The molecule has 0 amide bonds. The molecule has 0 spiro atoms. The van der Waals surface area contributed by atoms with Gasteiger partial charge in [0.25, 0.3) is 0 Å². The van der Waals surface area contributed by atoms with E-state index < -0.39 is 0 Å². The molecule has 2 aliphatic heterocycles. The number of hydrogen-bond donors (Lipinski definition) is 2. The summed E-state index contributed by atoms with van der Waals surface area (Å²) in [5.41, 5.74) is 5.11. The molecule has 0 saturated carbocycles. The van der Waals surface area contributed by atoms with E-state index in [1.807, 2.05) is 23.5 Å². The maximum atomic E-state index is 5.56. The van der Waals surface area contributed by atoms with Crippen LogP contribution < -0.4 is 11.3 Å². The molecule has 0 radical (unpaired) electrons. The summed E-state index contributed by atoms with van der Waals surface area (Å²) in [5.74, 6) is 10.6. The second kappa shape index (κ2) is 5.04. The van der Waals surface area contributed by atoms with Crippen LogP contribution in [-0.2, 0) is 11.5 Å². The van der Waals surface area contributed by atoms with Gasteiger partial charge in [-0.1, -0.05) is 6.42 Å². The number of fused-ring (bicyclic) bond motifs is 1.